The van der Waals surface area contributed by atoms with Gasteiger partial charge in [0.25, 0.3) is 0 Å². The van der Waals surface area contributed by atoms with Crippen molar-refractivity contribution in [3.63, 3.8) is 0 Å². The highest BCUT2D eigenvalue weighted by molar-refractivity contribution is 6.78. The van der Waals surface area contributed by atoms with Crippen molar-refractivity contribution >= 4 is 20.1 Å². The van der Waals surface area contributed by atoms with Crippen LogP contribution in [-0.2, 0) is 9.53 Å². The van der Waals surface area contributed by atoms with Crippen LogP contribution < -0.4 is 0 Å². The molecular weight excluding hydrogens is 270 g/mol. The third-order valence-electron chi connectivity index (χ3n) is 5.01. The van der Waals surface area contributed by atoms with Gasteiger partial charge in [-0.2, -0.15) is 0 Å². The first-order chi connectivity index (χ1) is 9.02. The van der Waals surface area contributed by atoms with Crippen LogP contribution in [0.2, 0.25) is 25.2 Å². The van der Waals surface area contributed by atoms with Crippen LogP contribution in [0, 0.1) is 17.8 Å². The number of rotatable bonds is 1. The number of likely N-dealkylation sites (tertiary alicyclic amines) is 1. The van der Waals surface area contributed by atoms with Gasteiger partial charge >= 0.3 is 6.09 Å². The zero-order chi connectivity index (χ0) is 15.0. The van der Waals surface area contributed by atoms with Gasteiger partial charge in [-0.1, -0.05) is 19.6 Å². The van der Waals surface area contributed by atoms with Crippen molar-refractivity contribution < 1.29 is 14.3 Å². The van der Waals surface area contributed by atoms with Gasteiger partial charge in [0.15, 0.2) is 0 Å². The van der Waals surface area contributed by atoms with Gasteiger partial charge in [0.2, 0.25) is 5.91 Å². The van der Waals surface area contributed by atoms with Crippen LogP contribution in [0.1, 0.15) is 27.2 Å². The van der Waals surface area contributed by atoms with E-state index in [-0.39, 0.29) is 17.9 Å². The van der Waals surface area contributed by atoms with Crippen molar-refractivity contribution in [2.45, 2.75) is 64.0 Å². The molecule has 1 heterocycles. The average molecular weight is 295 g/mol. The highest BCUT2D eigenvalue weighted by Crippen LogP contribution is 2.72. The van der Waals surface area contributed by atoms with E-state index in [0.717, 1.165) is 6.42 Å². The van der Waals surface area contributed by atoms with Crippen LogP contribution in [0.25, 0.3) is 0 Å². The second-order valence-electron chi connectivity index (χ2n) is 8.64. The van der Waals surface area contributed by atoms with Crippen molar-refractivity contribution in [2.24, 2.45) is 17.8 Å². The standard InChI is InChI=1S/C15H25NO3Si/c1-15(2,3)19-14(18)16-9-7-8(13(16)17)10-11(9)12(10)20(4,5)6/h8-12H,7H2,1-6H3/t8-,9+,10+,11-,12-/m1/s1. The Balaban J connectivity index is 1.78. The van der Waals surface area contributed by atoms with Crippen LogP contribution >= 0.6 is 0 Å². The molecule has 112 valence electrons. The maximum atomic E-state index is 12.4. The number of carbonyl (C=O) groups excluding carboxylic acids is 2. The minimum atomic E-state index is -1.23. The van der Waals surface area contributed by atoms with Gasteiger partial charge in [-0.3, -0.25) is 4.79 Å². The van der Waals surface area contributed by atoms with E-state index in [0.29, 0.717) is 17.4 Å². The predicted octanol–water partition coefficient (Wildman–Crippen LogP) is 3.11. The molecule has 0 spiro atoms. The fourth-order valence-corrected chi connectivity index (χ4v) is 7.62. The summed E-state index contributed by atoms with van der Waals surface area (Å²) in [4.78, 5) is 26.2. The van der Waals surface area contributed by atoms with E-state index < -0.39 is 19.8 Å². The highest BCUT2D eigenvalue weighted by Gasteiger charge is 2.74. The summed E-state index contributed by atoms with van der Waals surface area (Å²) in [5.41, 5.74) is 0.169. The topological polar surface area (TPSA) is 46.6 Å². The van der Waals surface area contributed by atoms with Gasteiger partial charge in [-0.15, -0.1) is 0 Å². The number of hydrogen-bond donors (Lipinski definition) is 0. The van der Waals surface area contributed by atoms with E-state index >= 15 is 0 Å². The molecule has 0 radical (unpaired) electrons. The van der Waals surface area contributed by atoms with E-state index in [1.807, 2.05) is 20.8 Å². The SMILES string of the molecule is CC(C)(C)OC(=O)N1C(=O)[C@@H]2C[C@H]1[C@@H]1[C@H]2[C@H]1[Si](C)(C)C. The molecule has 5 heteroatoms. The monoisotopic (exact) mass is 295 g/mol. The largest absolute Gasteiger partial charge is 0.443 e. The molecular formula is C15H25NO3Si. The lowest BCUT2D eigenvalue weighted by Crippen LogP contribution is -2.45. The van der Waals surface area contributed by atoms with Crippen molar-refractivity contribution in [3.05, 3.63) is 0 Å². The second-order valence-corrected chi connectivity index (χ2v) is 14.0. The number of amides is 2. The number of fused-ring (bicyclic) bond motifs is 5. The summed E-state index contributed by atoms with van der Waals surface area (Å²) in [5.74, 6) is 1.25. The lowest BCUT2D eigenvalue weighted by molar-refractivity contribution is -0.133. The smallest absolute Gasteiger partial charge is 0.417 e. The molecule has 2 amide bonds. The van der Waals surface area contributed by atoms with Crippen LogP contribution in [0.3, 0.4) is 0 Å². The van der Waals surface area contributed by atoms with E-state index in [9.17, 15) is 9.59 Å². The maximum absolute atomic E-state index is 12.4. The normalized spacial score (nSPS) is 39.0. The van der Waals surface area contributed by atoms with E-state index in [1.54, 1.807) is 0 Å². The summed E-state index contributed by atoms with van der Waals surface area (Å²) < 4.78 is 5.41. The molecule has 0 aromatic rings. The molecule has 3 aliphatic rings. The van der Waals surface area contributed by atoms with Crippen LogP contribution in [0.4, 0.5) is 4.79 Å². The summed E-state index contributed by atoms with van der Waals surface area (Å²) in [5, 5.41) is 0. The predicted molar refractivity (Wildman–Crippen MR) is 79.1 cm³/mol. The highest BCUT2D eigenvalue weighted by atomic mass is 28.3. The molecule has 3 rings (SSSR count). The summed E-state index contributed by atoms with van der Waals surface area (Å²) in [6.07, 6.45) is 0.434. The van der Waals surface area contributed by atoms with Gasteiger partial charge in [0, 0.05) is 20.0 Å². The van der Waals surface area contributed by atoms with Gasteiger partial charge in [0.1, 0.15) is 5.60 Å². The molecule has 3 fully saturated rings. The van der Waals surface area contributed by atoms with Crippen molar-refractivity contribution in [1.82, 2.24) is 4.90 Å². The first kappa shape index (κ1) is 14.1. The van der Waals surface area contributed by atoms with Gasteiger partial charge in [-0.05, 0) is 44.6 Å². The molecule has 20 heavy (non-hydrogen) atoms. The molecule has 0 unspecified atom stereocenters. The Hall–Kier alpha value is -0.843. The Bertz CT molecular complexity index is 476. The summed E-state index contributed by atoms with van der Waals surface area (Å²) in [6, 6.07) is 0.115. The van der Waals surface area contributed by atoms with Crippen molar-refractivity contribution in [1.29, 1.82) is 0 Å². The summed E-state index contributed by atoms with van der Waals surface area (Å²) >= 11 is 0. The van der Waals surface area contributed by atoms with Gasteiger partial charge in [0.05, 0.1) is 0 Å². The second kappa shape index (κ2) is 3.87. The van der Waals surface area contributed by atoms with E-state index in [1.165, 1.54) is 4.90 Å². The molecule has 2 bridgehead atoms. The zero-order valence-electron chi connectivity index (χ0n) is 13.3. The Morgan fingerprint density at radius 3 is 2.35 bits per heavy atom. The molecule has 1 aliphatic heterocycles. The maximum Gasteiger partial charge on any atom is 0.417 e. The third kappa shape index (κ3) is 1.93. The Kier molecular flexibility index (Phi) is 2.73. The number of piperidine rings is 1. The molecule has 0 N–H and O–H groups in total. The Morgan fingerprint density at radius 2 is 1.85 bits per heavy atom. The minimum absolute atomic E-state index is 0.0197. The quantitative estimate of drug-likeness (QED) is 0.698. The lowest BCUT2D eigenvalue weighted by Gasteiger charge is -2.29. The third-order valence-corrected chi connectivity index (χ3v) is 7.78. The number of carbonyl (C=O) groups is 2. The number of nitrogens with zero attached hydrogens (tertiary/aromatic N) is 1. The molecule has 5 atom stereocenters. The van der Waals surface area contributed by atoms with E-state index in [4.69, 9.17) is 4.74 Å². The summed E-state index contributed by atoms with van der Waals surface area (Å²) in [6.45, 7) is 12.6. The van der Waals surface area contributed by atoms with Crippen molar-refractivity contribution in [2.75, 3.05) is 0 Å². The molecule has 2 saturated carbocycles. The van der Waals surface area contributed by atoms with Gasteiger partial charge in [-0.25, -0.2) is 9.69 Å². The van der Waals surface area contributed by atoms with Crippen molar-refractivity contribution in [3.8, 4) is 0 Å². The molecule has 1 saturated heterocycles. The van der Waals surface area contributed by atoms with Crippen LogP contribution in [0.5, 0.6) is 0 Å². The first-order valence-electron chi connectivity index (χ1n) is 7.58. The fraction of sp³-hybridized carbons (Fsp3) is 0.867. The first-order valence-corrected chi connectivity index (χ1v) is 11.2. The number of ether oxygens (including phenoxy) is 1. The molecule has 4 nitrogen and oxygen atoms in total. The van der Waals surface area contributed by atoms with Gasteiger partial charge < -0.3 is 4.74 Å². The molecule has 0 aromatic heterocycles. The van der Waals surface area contributed by atoms with Crippen LogP contribution in [0.15, 0.2) is 0 Å². The molecule has 2 aliphatic carbocycles. The number of hydrogen-bond acceptors (Lipinski definition) is 3. The zero-order valence-corrected chi connectivity index (χ0v) is 14.3. The Morgan fingerprint density at radius 1 is 1.25 bits per heavy atom. The lowest BCUT2D eigenvalue weighted by atomic mass is 10.1. The Labute approximate surface area is 121 Å². The number of imide groups is 1. The summed E-state index contributed by atoms with van der Waals surface area (Å²) in [7, 11) is -1.23. The average Bonchev–Trinajstić information content (AvgIpc) is 2.77. The van der Waals surface area contributed by atoms with Crippen LogP contribution in [-0.4, -0.2) is 36.6 Å². The van der Waals surface area contributed by atoms with E-state index in [2.05, 4.69) is 19.6 Å². The molecule has 0 aromatic carbocycles. The minimum Gasteiger partial charge on any atom is -0.443 e. The fourth-order valence-electron chi connectivity index (χ4n) is 4.52.